The van der Waals surface area contributed by atoms with E-state index in [1.807, 2.05) is 60.4 Å². The predicted molar refractivity (Wildman–Crippen MR) is 113 cm³/mol. The Balaban J connectivity index is 1.55. The molecule has 2 amide bonds. The summed E-state index contributed by atoms with van der Waals surface area (Å²) >= 11 is 0. The van der Waals surface area contributed by atoms with Crippen LogP contribution in [-0.4, -0.2) is 50.6 Å². The van der Waals surface area contributed by atoms with E-state index < -0.39 is 6.04 Å². The van der Waals surface area contributed by atoms with Gasteiger partial charge in [0, 0.05) is 25.7 Å². The molecule has 3 heterocycles. The Kier molecular flexibility index (Phi) is 5.88. The average Bonchev–Trinajstić information content (AvgIpc) is 3.44. The summed E-state index contributed by atoms with van der Waals surface area (Å²) in [4.78, 5) is 32.3. The number of carbonyl (C=O) groups is 2. The molecule has 154 valence electrons. The van der Waals surface area contributed by atoms with Crippen LogP contribution in [0.4, 0.5) is 0 Å². The van der Waals surface area contributed by atoms with E-state index in [1.54, 1.807) is 10.9 Å². The first kappa shape index (κ1) is 19.8. The van der Waals surface area contributed by atoms with E-state index in [0.29, 0.717) is 23.5 Å². The number of likely N-dealkylation sites (tertiary alicyclic amines) is 1. The van der Waals surface area contributed by atoms with Gasteiger partial charge in [-0.15, -0.1) is 0 Å². The summed E-state index contributed by atoms with van der Waals surface area (Å²) in [7, 11) is 0. The van der Waals surface area contributed by atoms with E-state index in [9.17, 15) is 9.59 Å². The fourth-order valence-corrected chi connectivity index (χ4v) is 3.79. The van der Waals surface area contributed by atoms with Crippen LogP contribution >= 0.6 is 0 Å². The Bertz CT molecular complexity index is 1010. The van der Waals surface area contributed by atoms with Gasteiger partial charge in [0.25, 0.3) is 5.91 Å². The van der Waals surface area contributed by atoms with Crippen LogP contribution < -0.4 is 5.32 Å². The Morgan fingerprint density at radius 1 is 1.07 bits per heavy atom. The van der Waals surface area contributed by atoms with Crippen LogP contribution in [0.2, 0.25) is 0 Å². The maximum atomic E-state index is 13.1. The standard InChI is InChI=1S/C23H25N5O2/c1-17-19(16-25-28(17)21-11-5-6-12-24-21)22(29)26-20(15-18-9-3-2-4-10-18)23(30)27-13-7-8-14-27/h2-6,9-12,16,20H,7-8,13-15H2,1H3,(H,26,29). The molecule has 30 heavy (non-hydrogen) atoms. The van der Waals surface area contributed by atoms with Gasteiger partial charge >= 0.3 is 0 Å². The molecule has 1 N–H and O–H groups in total. The molecule has 0 spiro atoms. The average molecular weight is 403 g/mol. The molecule has 2 aromatic heterocycles. The normalized spacial score (nSPS) is 14.5. The zero-order chi connectivity index (χ0) is 20.9. The smallest absolute Gasteiger partial charge is 0.255 e. The van der Waals surface area contributed by atoms with Crippen molar-refractivity contribution in [1.29, 1.82) is 0 Å². The third kappa shape index (κ3) is 4.25. The number of amides is 2. The van der Waals surface area contributed by atoms with Gasteiger partial charge in [-0.05, 0) is 37.5 Å². The summed E-state index contributed by atoms with van der Waals surface area (Å²) in [5.74, 6) is 0.311. The molecule has 1 aliphatic heterocycles. The maximum Gasteiger partial charge on any atom is 0.255 e. The van der Waals surface area contributed by atoms with Gasteiger partial charge in [0.15, 0.2) is 5.82 Å². The summed E-state index contributed by atoms with van der Waals surface area (Å²) < 4.78 is 1.63. The monoisotopic (exact) mass is 403 g/mol. The SMILES string of the molecule is Cc1c(C(=O)NC(Cc2ccccc2)C(=O)N2CCCC2)cnn1-c1ccccn1. The molecule has 1 atom stereocenters. The quantitative estimate of drug-likeness (QED) is 0.686. The second-order valence-electron chi connectivity index (χ2n) is 7.49. The van der Waals surface area contributed by atoms with Crippen LogP contribution in [0.25, 0.3) is 5.82 Å². The molecule has 3 aromatic rings. The van der Waals surface area contributed by atoms with Gasteiger partial charge in [-0.2, -0.15) is 5.10 Å². The van der Waals surface area contributed by atoms with Gasteiger partial charge < -0.3 is 10.2 Å². The van der Waals surface area contributed by atoms with Crippen molar-refractivity contribution in [3.8, 4) is 5.82 Å². The molecular formula is C23H25N5O2. The van der Waals surface area contributed by atoms with Gasteiger partial charge in [0.1, 0.15) is 6.04 Å². The van der Waals surface area contributed by atoms with Crippen molar-refractivity contribution in [2.45, 2.75) is 32.2 Å². The number of nitrogens with one attached hydrogen (secondary N) is 1. The van der Waals surface area contributed by atoms with Gasteiger partial charge in [-0.25, -0.2) is 9.67 Å². The first-order valence-corrected chi connectivity index (χ1v) is 10.2. The first-order valence-electron chi connectivity index (χ1n) is 10.2. The van der Waals surface area contributed by atoms with Gasteiger partial charge in [0.2, 0.25) is 5.91 Å². The number of aromatic nitrogens is 3. The predicted octanol–water partition coefficient (Wildman–Crippen LogP) is 2.54. The van der Waals surface area contributed by atoms with Crippen molar-refractivity contribution in [3.63, 3.8) is 0 Å². The molecule has 0 radical (unpaired) electrons. The zero-order valence-corrected chi connectivity index (χ0v) is 17.0. The second-order valence-corrected chi connectivity index (χ2v) is 7.49. The molecule has 0 aliphatic carbocycles. The third-order valence-electron chi connectivity index (χ3n) is 5.42. The van der Waals surface area contributed by atoms with Gasteiger partial charge in [0.05, 0.1) is 17.5 Å². The van der Waals surface area contributed by atoms with E-state index in [2.05, 4.69) is 15.4 Å². The van der Waals surface area contributed by atoms with Crippen LogP contribution in [0.1, 0.15) is 34.5 Å². The highest BCUT2D eigenvalue weighted by Gasteiger charge is 2.29. The first-order chi connectivity index (χ1) is 14.6. The van der Waals surface area contributed by atoms with Crippen LogP contribution in [0.3, 0.4) is 0 Å². The van der Waals surface area contributed by atoms with E-state index in [0.717, 1.165) is 31.5 Å². The largest absolute Gasteiger partial charge is 0.341 e. The number of pyridine rings is 1. The van der Waals surface area contributed by atoms with Crippen molar-refractivity contribution in [2.24, 2.45) is 0 Å². The molecule has 1 saturated heterocycles. The number of hydrogen-bond donors (Lipinski definition) is 1. The summed E-state index contributed by atoms with van der Waals surface area (Å²) in [5.41, 5.74) is 2.13. The van der Waals surface area contributed by atoms with Crippen molar-refractivity contribution < 1.29 is 9.59 Å². The Morgan fingerprint density at radius 2 is 1.80 bits per heavy atom. The molecule has 0 saturated carbocycles. The highest BCUT2D eigenvalue weighted by Crippen LogP contribution is 2.15. The lowest BCUT2D eigenvalue weighted by Gasteiger charge is -2.24. The molecule has 0 bridgehead atoms. The summed E-state index contributed by atoms with van der Waals surface area (Å²) in [6.07, 6.45) is 5.68. The number of benzene rings is 1. The summed E-state index contributed by atoms with van der Waals surface area (Å²) in [6.45, 7) is 3.32. The minimum atomic E-state index is -0.615. The van der Waals surface area contributed by atoms with Gasteiger partial charge in [-0.3, -0.25) is 9.59 Å². The molecule has 1 aliphatic rings. The maximum absolute atomic E-state index is 13.1. The van der Waals surface area contributed by atoms with Crippen molar-refractivity contribution in [2.75, 3.05) is 13.1 Å². The fourth-order valence-electron chi connectivity index (χ4n) is 3.79. The molecule has 7 nitrogen and oxygen atoms in total. The number of carbonyl (C=O) groups excluding carboxylic acids is 2. The van der Waals surface area contributed by atoms with Crippen molar-refractivity contribution >= 4 is 11.8 Å². The third-order valence-corrected chi connectivity index (χ3v) is 5.42. The Hall–Kier alpha value is -3.48. The highest BCUT2D eigenvalue weighted by atomic mass is 16.2. The lowest BCUT2D eigenvalue weighted by atomic mass is 10.0. The van der Waals surface area contributed by atoms with E-state index in [-0.39, 0.29) is 11.8 Å². The van der Waals surface area contributed by atoms with Crippen LogP contribution in [0, 0.1) is 6.92 Å². The minimum Gasteiger partial charge on any atom is -0.341 e. The van der Waals surface area contributed by atoms with E-state index >= 15 is 0 Å². The second kappa shape index (κ2) is 8.90. The van der Waals surface area contributed by atoms with E-state index in [4.69, 9.17) is 0 Å². The van der Waals surface area contributed by atoms with E-state index in [1.165, 1.54) is 6.20 Å². The lowest BCUT2D eigenvalue weighted by molar-refractivity contribution is -0.132. The summed E-state index contributed by atoms with van der Waals surface area (Å²) in [6, 6.07) is 14.7. The molecule has 1 unspecified atom stereocenters. The number of rotatable bonds is 6. The topological polar surface area (TPSA) is 80.1 Å². The van der Waals surface area contributed by atoms with Crippen LogP contribution in [-0.2, 0) is 11.2 Å². The summed E-state index contributed by atoms with van der Waals surface area (Å²) in [5, 5.41) is 7.28. The Labute approximate surface area is 175 Å². The van der Waals surface area contributed by atoms with Gasteiger partial charge in [-0.1, -0.05) is 36.4 Å². The molecule has 1 aromatic carbocycles. The van der Waals surface area contributed by atoms with Crippen LogP contribution in [0.15, 0.2) is 60.9 Å². The zero-order valence-electron chi connectivity index (χ0n) is 17.0. The highest BCUT2D eigenvalue weighted by molar-refractivity contribution is 5.98. The van der Waals surface area contributed by atoms with Crippen molar-refractivity contribution in [1.82, 2.24) is 25.0 Å². The number of hydrogen-bond acceptors (Lipinski definition) is 4. The molecule has 7 heteroatoms. The minimum absolute atomic E-state index is 0.0283. The molecule has 4 rings (SSSR count). The lowest BCUT2D eigenvalue weighted by Crippen LogP contribution is -2.49. The molecule has 1 fully saturated rings. The van der Waals surface area contributed by atoms with Crippen LogP contribution in [0.5, 0.6) is 0 Å². The molecular weight excluding hydrogens is 378 g/mol. The Morgan fingerprint density at radius 3 is 2.50 bits per heavy atom. The van der Waals surface area contributed by atoms with Crippen molar-refractivity contribution in [3.05, 3.63) is 77.7 Å². The number of nitrogens with zero attached hydrogens (tertiary/aromatic N) is 4. The fraction of sp³-hybridized carbons (Fsp3) is 0.304.